The van der Waals surface area contributed by atoms with Crippen LogP contribution in [0, 0.1) is 11.6 Å². The first-order valence-corrected chi connectivity index (χ1v) is 8.92. The summed E-state index contributed by atoms with van der Waals surface area (Å²) in [7, 11) is 0. The van der Waals surface area contributed by atoms with Gasteiger partial charge in [-0.25, -0.2) is 8.78 Å². The van der Waals surface area contributed by atoms with E-state index in [1.807, 2.05) is 60.7 Å². The van der Waals surface area contributed by atoms with Crippen molar-refractivity contribution in [3.05, 3.63) is 103 Å². The van der Waals surface area contributed by atoms with Crippen LogP contribution in [0.4, 0.5) is 25.8 Å². The van der Waals surface area contributed by atoms with Crippen LogP contribution in [0.1, 0.15) is 0 Å². The molecule has 5 rings (SSSR count). The van der Waals surface area contributed by atoms with Gasteiger partial charge in [-0.05, 0) is 60.2 Å². The van der Waals surface area contributed by atoms with Crippen LogP contribution in [0.25, 0.3) is 11.1 Å². The van der Waals surface area contributed by atoms with Gasteiger partial charge in [-0.15, -0.1) is 0 Å². The normalized spacial score (nSPS) is 12.1. The topological polar surface area (TPSA) is 12.5 Å². The van der Waals surface area contributed by atoms with Crippen molar-refractivity contribution in [2.24, 2.45) is 0 Å². The molecule has 2 nitrogen and oxygen atoms in total. The van der Waals surface area contributed by atoms with Crippen molar-refractivity contribution in [3.8, 4) is 22.6 Å². The van der Waals surface area contributed by atoms with Gasteiger partial charge in [0.15, 0.2) is 11.5 Å². The smallest absolute Gasteiger partial charge is 0.151 e. The van der Waals surface area contributed by atoms with Gasteiger partial charge in [0.1, 0.15) is 11.6 Å². The zero-order chi connectivity index (χ0) is 19.1. The molecule has 1 heterocycles. The lowest BCUT2D eigenvalue weighted by atomic mass is 10.0. The zero-order valence-electron chi connectivity index (χ0n) is 14.8. The third-order valence-electron chi connectivity index (χ3n) is 4.80. The Balaban J connectivity index is 1.61. The number of para-hydroxylation sites is 4. The highest BCUT2D eigenvalue weighted by Gasteiger charge is 2.25. The fourth-order valence-corrected chi connectivity index (χ4v) is 3.49. The first-order chi connectivity index (χ1) is 13.7. The van der Waals surface area contributed by atoms with Crippen molar-refractivity contribution in [1.82, 2.24) is 0 Å². The van der Waals surface area contributed by atoms with E-state index >= 15 is 0 Å². The van der Waals surface area contributed by atoms with E-state index in [9.17, 15) is 8.78 Å². The molecule has 0 amide bonds. The molecule has 0 aromatic heterocycles. The molecule has 0 saturated heterocycles. The number of hydrogen-bond donors (Lipinski definition) is 0. The average molecular weight is 371 g/mol. The summed E-state index contributed by atoms with van der Waals surface area (Å²) in [6.07, 6.45) is 0. The van der Waals surface area contributed by atoms with Crippen LogP contribution in [0.2, 0.25) is 0 Å². The lowest BCUT2D eigenvalue weighted by Gasteiger charge is -2.32. The molecule has 0 aliphatic carbocycles. The van der Waals surface area contributed by atoms with Gasteiger partial charge in [-0.3, -0.25) is 0 Å². The highest BCUT2D eigenvalue weighted by molar-refractivity contribution is 5.86. The third kappa shape index (κ3) is 2.70. The van der Waals surface area contributed by atoms with E-state index in [1.165, 1.54) is 6.07 Å². The minimum atomic E-state index is -0.462. The number of anilines is 3. The molecule has 4 heteroatoms. The molecular weight excluding hydrogens is 356 g/mol. The van der Waals surface area contributed by atoms with E-state index in [0.29, 0.717) is 5.56 Å². The Labute approximate surface area is 161 Å². The Morgan fingerprint density at radius 3 is 1.89 bits per heavy atom. The molecule has 0 radical (unpaired) electrons. The van der Waals surface area contributed by atoms with Crippen LogP contribution in [0.5, 0.6) is 11.5 Å². The highest BCUT2D eigenvalue weighted by Crippen LogP contribution is 2.50. The number of hydrogen-bond acceptors (Lipinski definition) is 2. The quantitative estimate of drug-likeness (QED) is 0.325. The lowest BCUT2D eigenvalue weighted by Crippen LogP contribution is -2.15. The molecule has 136 valence electrons. The fraction of sp³-hybridized carbons (Fsp3) is 0. The van der Waals surface area contributed by atoms with Gasteiger partial charge < -0.3 is 9.64 Å². The van der Waals surface area contributed by atoms with E-state index < -0.39 is 11.6 Å². The van der Waals surface area contributed by atoms with Crippen LogP contribution >= 0.6 is 0 Å². The first kappa shape index (κ1) is 16.5. The van der Waals surface area contributed by atoms with Crippen LogP contribution in [0.3, 0.4) is 0 Å². The predicted molar refractivity (Wildman–Crippen MR) is 107 cm³/mol. The summed E-state index contributed by atoms with van der Waals surface area (Å²) in [6.45, 7) is 0. The summed E-state index contributed by atoms with van der Waals surface area (Å²) in [4.78, 5) is 2.10. The second-order valence-corrected chi connectivity index (χ2v) is 6.54. The van der Waals surface area contributed by atoms with Crippen LogP contribution in [-0.4, -0.2) is 0 Å². The third-order valence-corrected chi connectivity index (χ3v) is 4.80. The van der Waals surface area contributed by atoms with E-state index in [2.05, 4.69) is 4.90 Å². The minimum absolute atomic E-state index is 0.245. The summed E-state index contributed by atoms with van der Waals surface area (Å²) < 4.78 is 33.7. The minimum Gasteiger partial charge on any atom is -0.453 e. The molecule has 0 N–H and O–H groups in total. The van der Waals surface area contributed by atoms with E-state index in [4.69, 9.17) is 4.74 Å². The molecular formula is C24H15F2NO. The molecule has 4 aromatic carbocycles. The van der Waals surface area contributed by atoms with Crippen molar-refractivity contribution >= 4 is 17.1 Å². The number of benzene rings is 4. The maximum atomic E-state index is 14.1. The molecule has 0 atom stereocenters. The van der Waals surface area contributed by atoms with Gasteiger partial charge in [0.05, 0.1) is 11.4 Å². The Bertz CT molecular complexity index is 1130. The molecule has 28 heavy (non-hydrogen) atoms. The molecule has 1 aliphatic rings. The van der Waals surface area contributed by atoms with E-state index in [-0.39, 0.29) is 5.56 Å². The number of nitrogens with zero attached hydrogens (tertiary/aromatic N) is 1. The van der Waals surface area contributed by atoms with Gasteiger partial charge in [-0.2, -0.15) is 0 Å². The Morgan fingerprint density at radius 1 is 0.643 bits per heavy atom. The van der Waals surface area contributed by atoms with Crippen LogP contribution < -0.4 is 9.64 Å². The molecule has 0 saturated carbocycles. The molecule has 4 aromatic rings. The number of ether oxygens (including phenoxy) is 1. The molecule has 0 spiro atoms. The maximum absolute atomic E-state index is 14.1. The van der Waals surface area contributed by atoms with Gasteiger partial charge in [0.25, 0.3) is 0 Å². The monoisotopic (exact) mass is 371 g/mol. The number of fused-ring (bicyclic) bond motifs is 2. The predicted octanol–water partition coefficient (Wildman–Crippen LogP) is 7.21. The van der Waals surface area contributed by atoms with Gasteiger partial charge in [0, 0.05) is 11.3 Å². The van der Waals surface area contributed by atoms with Crippen molar-refractivity contribution in [1.29, 1.82) is 0 Å². The summed E-state index contributed by atoms with van der Waals surface area (Å²) in [5.74, 6) is 0.621. The van der Waals surface area contributed by atoms with Crippen LogP contribution in [0.15, 0.2) is 91.0 Å². The van der Waals surface area contributed by atoms with E-state index in [0.717, 1.165) is 40.7 Å². The lowest BCUT2D eigenvalue weighted by molar-refractivity contribution is 0.477. The van der Waals surface area contributed by atoms with E-state index in [1.54, 1.807) is 12.1 Å². The maximum Gasteiger partial charge on any atom is 0.151 e. The SMILES string of the molecule is Fc1ccc(F)c(-c2ccc(N3c4ccccc4Oc4ccccc43)cc2)c1. The molecule has 0 fully saturated rings. The second kappa shape index (κ2) is 6.50. The average Bonchev–Trinajstić information content (AvgIpc) is 2.74. The zero-order valence-corrected chi connectivity index (χ0v) is 14.8. The summed E-state index contributed by atoms with van der Waals surface area (Å²) in [6, 6.07) is 26.5. The van der Waals surface area contributed by atoms with Gasteiger partial charge in [0.2, 0.25) is 0 Å². The summed E-state index contributed by atoms with van der Waals surface area (Å²) >= 11 is 0. The summed E-state index contributed by atoms with van der Waals surface area (Å²) in [5, 5.41) is 0. The Hall–Kier alpha value is -3.66. The Kier molecular flexibility index (Phi) is 3.83. The largest absolute Gasteiger partial charge is 0.453 e. The van der Waals surface area contributed by atoms with Gasteiger partial charge >= 0.3 is 0 Å². The summed E-state index contributed by atoms with van der Waals surface area (Å²) in [5.41, 5.74) is 3.62. The van der Waals surface area contributed by atoms with Crippen molar-refractivity contribution in [2.75, 3.05) is 4.90 Å². The second-order valence-electron chi connectivity index (χ2n) is 6.54. The highest BCUT2D eigenvalue weighted by atomic mass is 19.1. The fourth-order valence-electron chi connectivity index (χ4n) is 3.49. The van der Waals surface area contributed by atoms with Gasteiger partial charge in [-0.1, -0.05) is 36.4 Å². The molecule has 0 unspecified atom stereocenters. The number of halogens is 2. The van der Waals surface area contributed by atoms with Crippen LogP contribution in [-0.2, 0) is 0 Å². The molecule has 0 bridgehead atoms. The first-order valence-electron chi connectivity index (χ1n) is 8.92. The Morgan fingerprint density at radius 2 is 1.25 bits per heavy atom. The van der Waals surface area contributed by atoms with Crippen molar-refractivity contribution in [2.45, 2.75) is 0 Å². The van der Waals surface area contributed by atoms with Crippen molar-refractivity contribution < 1.29 is 13.5 Å². The van der Waals surface area contributed by atoms with Crippen molar-refractivity contribution in [3.63, 3.8) is 0 Å². The standard InChI is InChI=1S/C24H15F2NO/c25-17-11-14-20(26)19(15-17)16-9-12-18(13-10-16)27-21-5-1-3-7-23(21)28-24-8-4-2-6-22(24)27/h1-15H. The molecule has 1 aliphatic heterocycles. The number of rotatable bonds is 2.